The molecule has 0 aromatic heterocycles. The number of benzene rings is 3. The van der Waals surface area contributed by atoms with Gasteiger partial charge in [0, 0.05) is 61.1 Å². The molecule has 3 amide bonds. The van der Waals surface area contributed by atoms with Crippen molar-refractivity contribution in [2.24, 2.45) is 11.8 Å². The van der Waals surface area contributed by atoms with Crippen LogP contribution in [0.2, 0.25) is 10.0 Å². The average molecular weight is 638 g/mol. The van der Waals surface area contributed by atoms with Gasteiger partial charge in [0.1, 0.15) is 5.82 Å². The predicted molar refractivity (Wildman–Crippen MR) is 171 cm³/mol. The summed E-state index contributed by atoms with van der Waals surface area (Å²) in [4.78, 5) is 44.6. The number of carbonyl (C=O) groups is 3. The van der Waals surface area contributed by atoms with Crippen LogP contribution in [0.5, 0.6) is 0 Å². The summed E-state index contributed by atoms with van der Waals surface area (Å²) in [5.74, 6) is -1.55. The number of amides is 3. The van der Waals surface area contributed by atoms with Crippen molar-refractivity contribution in [1.82, 2.24) is 9.80 Å². The van der Waals surface area contributed by atoms with Crippen LogP contribution in [0.25, 0.3) is 0 Å². The molecule has 6 rings (SSSR count). The van der Waals surface area contributed by atoms with Crippen molar-refractivity contribution in [3.63, 3.8) is 0 Å². The Kier molecular flexibility index (Phi) is 8.20. The summed E-state index contributed by atoms with van der Waals surface area (Å²) in [5.41, 5.74) is 1.97. The molecule has 3 fully saturated rings. The van der Waals surface area contributed by atoms with E-state index >= 15 is 4.39 Å². The molecule has 10 heteroatoms. The van der Waals surface area contributed by atoms with Crippen LogP contribution < -0.4 is 10.2 Å². The van der Waals surface area contributed by atoms with Crippen molar-refractivity contribution in [2.75, 3.05) is 37.4 Å². The third-order valence-electron chi connectivity index (χ3n) is 9.62. The summed E-state index contributed by atoms with van der Waals surface area (Å²) in [6, 6.07) is 17.2. The first kappa shape index (κ1) is 30.6. The Hall–Kier alpha value is -3.46. The van der Waals surface area contributed by atoms with E-state index in [9.17, 15) is 14.4 Å². The third kappa shape index (κ3) is 5.17. The maximum atomic E-state index is 16.1. The first-order valence-corrected chi connectivity index (χ1v) is 15.7. The van der Waals surface area contributed by atoms with Crippen molar-refractivity contribution in [3.8, 4) is 0 Å². The molecule has 2 aliphatic heterocycles. The van der Waals surface area contributed by atoms with E-state index in [-0.39, 0.29) is 22.9 Å². The first-order chi connectivity index (χ1) is 21.1. The summed E-state index contributed by atoms with van der Waals surface area (Å²) in [7, 11) is 3.39. The van der Waals surface area contributed by atoms with Gasteiger partial charge in [-0.25, -0.2) is 4.39 Å². The van der Waals surface area contributed by atoms with E-state index in [1.54, 1.807) is 67.5 Å². The van der Waals surface area contributed by atoms with Gasteiger partial charge in [-0.05, 0) is 85.7 Å². The van der Waals surface area contributed by atoms with Gasteiger partial charge in [0.2, 0.25) is 12.3 Å². The number of carbonyl (C=O) groups excluding carboxylic acids is 3. The zero-order valence-corrected chi connectivity index (χ0v) is 26.4. The average Bonchev–Trinajstić information content (AvgIpc) is 3.79. The smallest absolute Gasteiger partial charge is 0.253 e. The van der Waals surface area contributed by atoms with Gasteiger partial charge in [0.15, 0.2) is 0 Å². The lowest BCUT2D eigenvalue weighted by Crippen LogP contribution is -2.52. The largest absolute Gasteiger partial charge is 0.345 e. The lowest BCUT2D eigenvalue weighted by molar-refractivity contribution is -0.125. The Bertz CT molecular complexity index is 1610. The molecule has 230 valence electrons. The minimum Gasteiger partial charge on any atom is -0.345 e. The van der Waals surface area contributed by atoms with E-state index in [0.29, 0.717) is 52.8 Å². The van der Waals surface area contributed by atoms with Crippen molar-refractivity contribution < 1.29 is 18.8 Å². The van der Waals surface area contributed by atoms with Gasteiger partial charge in [-0.2, -0.15) is 0 Å². The van der Waals surface area contributed by atoms with Gasteiger partial charge in [0.05, 0.1) is 16.5 Å². The van der Waals surface area contributed by atoms with Gasteiger partial charge >= 0.3 is 0 Å². The van der Waals surface area contributed by atoms with Crippen molar-refractivity contribution in [2.45, 2.75) is 43.7 Å². The maximum absolute atomic E-state index is 16.1. The monoisotopic (exact) mass is 636 g/mol. The van der Waals surface area contributed by atoms with Gasteiger partial charge in [-0.15, -0.1) is 0 Å². The van der Waals surface area contributed by atoms with Crippen molar-refractivity contribution >= 4 is 52.8 Å². The molecule has 4 atom stereocenters. The molecule has 0 spiro atoms. The van der Waals surface area contributed by atoms with Crippen LogP contribution in [0.15, 0.2) is 60.7 Å². The zero-order chi connectivity index (χ0) is 31.3. The second kappa shape index (κ2) is 11.8. The van der Waals surface area contributed by atoms with E-state index in [1.807, 2.05) is 6.07 Å². The van der Waals surface area contributed by atoms with E-state index < -0.39 is 23.2 Å². The van der Waals surface area contributed by atoms with Gasteiger partial charge in [-0.1, -0.05) is 41.4 Å². The van der Waals surface area contributed by atoms with E-state index in [1.165, 1.54) is 11.0 Å². The zero-order valence-electron chi connectivity index (χ0n) is 24.9. The number of fused-ring (bicyclic) bond motifs is 1. The number of hydrogen-bond acceptors (Lipinski definition) is 4. The number of nitrogens with one attached hydrogen (secondary N) is 1. The summed E-state index contributed by atoms with van der Waals surface area (Å²) >= 11 is 12.8. The lowest BCUT2D eigenvalue weighted by Gasteiger charge is -2.43. The van der Waals surface area contributed by atoms with E-state index in [4.69, 9.17) is 23.2 Å². The molecule has 1 saturated carbocycles. The van der Waals surface area contributed by atoms with Crippen LogP contribution >= 0.6 is 23.2 Å². The highest BCUT2D eigenvalue weighted by molar-refractivity contribution is 6.31. The van der Waals surface area contributed by atoms with Crippen LogP contribution in [0.3, 0.4) is 0 Å². The fourth-order valence-corrected chi connectivity index (χ4v) is 7.76. The number of anilines is 2. The molecule has 44 heavy (non-hydrogen) atoms. The SMILES string of the molecule is CN(C)C(=O)c1ccc(N2CC[C@H]3[C@@H](C2=O)[C@H](c2cccc(Cl)c2F)[C@@](C)(c2ccc(Cl)cc2NC=O)N3CC2CC2)cc1. The number of halogens is 3. The molecule has 1 aliphatic carbocycles. The normalized spacial score (nSPS) is 25.1. The second-order valence-electron chi connectivity index (χ2n) is 12.4. The van der Waals surface area contributed by atoms with Crippen LogP contribution in [0, 0.1) is 17.7 Å². The molecule has 3 aromatic rings. The van der Waals surface area contributed by atoms with E-state index in [2.05, 4.69) is 17.1 Å². The topological polar surface area (TPSA) is 73.0 Å². The summed E-state index contributed by atoms with van der Waals surface area (Å²) in [6.45, 7) is 3.27. The third-order valence-corrected chi connectivity index (χ3v) is 10.1. The highest BCUT2D eigenvalue weighted by Crippen LogP contribution is 2.60. The fourth-order valence-electron chi connectivity index (χ4n) is 7.40. The Morgan fingerprint density at radius 1 is 1.09 bits per heavy atom. The molecule has 2 heterocycles. The van der Waals surface area contributed by atoms with Crippen LogP contribution in [0.4, 0.5) is 15.8 Å². The van der Waals surface area contributed by atoms with Crippen LogP contribution in [-0.4, -0.2) is 61.3 Å². The first-order valence-electron chi connectivity index (χ1n) is 14.9. The molecule has 1 N–H and O–H groups in total. The molecule has 3 aliphatic rings. The molecule has 3 aromatic carbocycles. The Morgan fingerprint density at radius 2 is 1.82 bits per heavy atom. The molecule has 2 saturated heterocycles. The second-order valence-corrected chi connectivity index (χ2v) is 13.3. The standard InChI is InChI=1S/C34H35Cl2FN4O3/c1-34(25-14-11-22(35)17-27(25)38-19-42)30(24-5-4-6-26(36)31(24)37)29-28(41(34)18-20-7-8-20)15-16-40(33(29)44)23-12-9-21(10-13-23)32(43)39(2)3/h4-6,9-14,17,19-20,28-30H,7-8,15-16,18H2,1-3H3,(H,38,42)/t28-,29+,30-,34+/m0/s1. The minimum absolute atomic E-state index is 0.00866. The van der Waals surface area contributed by atoms with Gasteiger partial charge in [-0.3, -0.25) is 19.3 Å². The fraction of sp³-hybridized carbons (Fsp3) is 0.382. The molecular formula is C34H35Cl2FN4O3. The molecular weight excluding hydrogens is 602 g/mol. The quantitative estimate of drug-likeness (QED) is 0.285. The number of hydrogen-bond donors (Lipinski definition) is 1. The predicted octanol–water partition coefficient (Wildman–Crippen LogP) is 6.55. The Balaban J connectivity index is 1.51. The highest BCUT2D eigenvalue weighted by Gasteiger charge is 2.63. The Morgan fingerprint density at radius 3 is 2.48 bits per heavy atom. The molecule has 0 bridgehead atoms. The number of nitrogens with zero attached hydrogens (tertiary/aromatic N) is 3. The van der Waals surface area contributed by atoms with Crippen LogP contribution in [0.1, 0.15) is 53.6 Å². The molecule has 0 radical (unpaired) electrons. The number of likely N-dealkylation sites (tertiary alicyclic amines) is 1. The molecule has 0 unspecified atom stereocenters. The summed E-state index contributed by atoms with van der Waals surface area (Å²) in [5, 5.41) is 3.26. The highest BCUT2D eigenvalue weighted by atomic mass is 35.5. The molecule has 7 nitrogen and oxygen atoms in total. The minimum atomic E-state index is -0.896. The number of rotatable bonds is 8. The van der Waals surface area contributed by atoms with Gasteiger partial charge < -0.3 is 15.1 Å². The van der Waals surface area contributed by atoms with Gasteiger partial charge in [0.25, 0.3) is 5.91 Å². The maximum Gasteiger partial charge on any atom is 0.253 e. The van der Waals surface area contributed by atoms with Crippen molar-refractivity contribution in [1.29, 1.82) is 0 Å². The summed E-state index contributed by atoms with van der Waals surface area (Å²) < 4.78 is 16.1. The number of piperidine rings is 1. The van der Waals surface area contributed by atoms with Crippen molar-refractivity contribution in [3.05, 3.63) is 93.2 Å². The lowest BCUT2D eigenvalue weighted by atomic mass is 9.70. The summed E-state index contributed by atoms with van der Waals surface area (Å²) in [6.07, 6.45) is 3.47. The van der Waals surface area contributed by atoms with E-state index in [0.717, 1.165) is 24.9 Å². The van der Waals surface area contributed by atoms with Crippen LogP contribution in [-0.2, 0) is 15.1 Å². The Labute approximate surface area is 266 Å².